The number of hydrogen-bond donors (Lipinski definition) is 5. The number of allylic oxidation sites excluding steroid dienone is 1. The average Bonchev–Trinajstić information content (AvgIpc) is 1.62. The zero-order valence-electron chi connectivity index (χ0n) is 67.8. The van der Waals surface area contributed by atoms with Gasteiger partial charge in [-0.3, -0.25) is 58.1 Å². The SMILES string of the molecule is C/C=C1\CN2C(=O)c3cc(OC)c(OCc4cc(COc5cc6c(cc5OC)C(=O)NCc5ccccc5CC/C=N\6)cc(N(C)C(=O)OCc5ccc(NC(=O)[C@H](C)NC(=O)[C@@H](NC(=O)CCOCCOCCOCCOCCOCCOCCOCCOCCNC(=O)CCN6C(=O)C=CC6=O)C(C)C)cc5)c4)cc3N=C[C@]2(C)C1. The van der Waals surface area contributed by atoms with Crippen LogP contribution in [0.3, 0.4) is 0 Å². The van der Waals surface area contributed by atoms with Gasteiger partial charge in [0, 0.05) is 94.2 Å². The lowest BCUT2D eigenvalue weighted by Crippen LogP contribution is -2.53. The Morgan fingerprint density at radius 1 is 0.598 bits per heavy atom. The largest absolute Gasteiger partial charge is 0.493 e. The Balaban J connectivity index is 0.655. The predicted octanol–water partition coefficient (Wildman–Crippen LogP) is 8.02. The van der Waals surface area contributed by atoms with Crippen molar-refractivity contribution < 1.29 is 105 Å². The van der Waals surface area contributed by atoms with Gasteiger partial charge in [-0.25, -0.2) is 4.79 Å². The number of hydrogen-bond acceptors (Lipinski definition) is 24. The van der Waals surface area contributed by atoms with E-state index in [-0.39, 0.29) is 82.7 Å². The molecule has 3 atom stereocenters. The van der Waals surface area contributed by atoms with Crippen LogP contribution in [-0.4, -0.2) is 240 Å². The first-order chi connectivity index (χ1) is 56.6. The highest BCUT2D eigenvalue weighted by atomic mass is 16.6. The van der Waals surface area contributed by atoms with Gasteiger partial charge < -0.3 is 93.1 Å². The Kier molecular flexibility index (Phi) is 35.9. The summed E-state index contributed by atoms with van der Waals surface area (Å²) in [5.41, 5.74) is 6.87. The van der Waals surface area contributed by atoms with Crippen molar-refractivity contribution in [2.75, 3.05) is 157 Å². The molecule has 32 nitrogen and oxygen atoms in total. The molecule has 4 aliphatic heterocycles. The van der Waals surface area contributed by atoms with E-state index in [1.54, 1.807) is 87.8 Å². The molecule has 0 saturated carbocycles. The summed E-state index contributed by atoms with van der Waals surface area (Å²) in [5, 5.41) is 14.0. The van der Waals surface area contributed by atoms with E-state index in [1.807, 2.05) is 61.4 Å². The van der Waals surface area contributed by atoms with Crippen LogP contribution in [0.25, 0.3) is 0 Å². The van der Waals surface area contributed by atoms with Gasteiger partial charge in [0.2, 0.25) is 23.6 Å². The van der Waals surface area contributed by atoms with Crippen molar-refractivity contribution >= 4 is 88.5 Å². The van der Waals surface area contributed by atoms with Gasteiger partial charge in [0.25, 0.3) is 23.6 Å². The van der Waals surface area contributed by atoms with Crippen molar-refractivity contribution in [3.63, 3.8) is 0 Å². The Bertz CT molecular complexity index is 4320. The number of carbonyl (C=O) groups excluding carboxylic acids is 9. The molecule has 5 N–H and O–H groups in total. The van der Waals surface area contributed by atoms with Crippen LogP contribution in [-0.2, 0) is 104 Å². The summed E-state index contributed by atoms with van der Waals surface area (Å²) in [6, 6.07) is 24.7. The molecule has 9 amide bonds. The number of nitrogens with zero attached hydrogens (tertiary/aromatic N) is 5. The minimum Gasteiger partial charge on any atom is -0.493 e. The highest BCUT2D eigenvalue weighted by molar-refractivity contribution is 6.13. The van der Waals surface area contributed by atoms with Gasteiger partial charge in [-0.15, -0.1) is 0 Å². The molecule has 0 aliphatic carbocycles. The molecular formula is C85H108N10O22. The predicted molar refractivity (Wildman–Crippen MR) is 434 cm³/mol. The summed E-state index contributed by atoms with van der Waals surface area (Å²) < 4.78 is 74.6. The zero-order chi connectivity index (χ0) is 83.5. The smallest absolute Gasteiger partial charge is 0.414 e. The number of amides is 9. The normalized spacial score (nSPS) is 16.1. The minimum atomic E-state index is -0.994. The number of nitrogens with one attached hydrogen (secondary N) is 5. The highest BCUT2D eigenvalue weighted by Gasteiger charge is 2.43. The van der Waals surface area contributed by atoms with Crippen LogP contribution in [0.5, 0.6) is 23.0 Å². The third-order valence-electron chi connectivity index (χ3n) is 19.3. The molecule has 0 bridgehead atoms. The van der Waals surface area contributed by atoms with E-state index in [4.69, 9.17) is 71.6 Å². The molecule has 5 aromatic rings. The van der Waals surface area contributed by atoms with Gasteiger partial charge in [0.15, 0.2) is 23.0 Å². The number of methoxy groups -OCH3 is 2. The van der Waals surface area contributed by atoms with E-state index in [0.717, 1.165) is 28.0 Å². The topological polar surface area (TPSA) is 368 Å². The second-order valence-corrected chi connectivity index (χ2v) is 28.3. The molecule has 5 aromatic carbocycles. The van der Waals surface area contributed by atoms with E-state index >= 15 is 0 Å². The Hall–Kier alpha value is -11.0. The maximum absolute atomic E-state index is 14.1. The van der Waals surface area contributed by atoms with Crippen LogP contribution in [0.1, 0.15) is 109 Å². The quantitative estimate of drug-likeness (QED) is 0.0140. The van der Waals surface area contributed by atoms with Crippen molar-refractivity contribution in [2.24, 2.45) is 15.9 Å². The van der Waals surface area contributed by atoms with Crippen LogP contribution in [0.2, 0.25) is 0 Å². The second kappa shape index (κ2) is 46.7. The molecule has 0 radical (unpaired) electrons. The third-order valence-corrected chi connectivity index (χ3v) is 19.3. The lowest BCUT2D eigenvalue weighted by atomic mass is 9.98. The molecule has 1 saturated heterocycles. The van der Waals surface area contributed by atoms with Gasteiger partial charge in [-0.1, -0.05) is 61.9 Å². The summed E-state index contributed by atoms with van der Waals surface area (Å²) in [5.74, 6) is -2.12. The molecule has 4 heterocycles. The van der Waals surface area contributed by atoms with Crippen molar-refractivity contribution in [2.45, 2.75) is 111 Å². The maximum Gasteiger partial charge on any atom is 0.414 e. The van der Waals surface area contributed by atoms with E-state index in [0.29, 0.717) is 192 Å². The Morgan fingerprint density at radius 3 is 1.71 bits per heavy atom. The number of carbonyl (C=O) groups is 9. The molecule has 9 rings (SSSR count). The summed E-state index contributed by atoms with van der Waals surface area (Å²) in [6.45, 7) is 15.4. The van der Waals surface area contributed by atoms with E-state index in [2.05, 4.69) is 26.6 Å². The fraction of sp³-hybridized carbons (Fsp3) is 0.471. The van der Waals surface area contributed by atoms with Crippen molar-refractivity contribution in [3.05, 3.63) is 154 Å². The molecule has 0 spiro atoms. The zero-order valence-corrected chi connectivity index (χ0v) is 67.8. The number of aryl methyl sites for hydroxylation is 1. The fourth-order valence-corrected chi connectivity index (χ4v) is 12.7. The first-order valence-corrected chi connectivity index (χ1v) is 39.2. The second-order valence-electron chi connectivity index (χ2n) is 28.3. The lowest BCUT2D eigenvalue weighted by molar-refractivity contribution is -0.137. The molecule has 630 valence electrons. The van der Waals surface area contributed by atoms with Gasteiger partial charge in [0.1, 0.15) is 31.9 Å². The van der Waals surface area contributed by atoms with Crippen LogP contribution in [0.15, 0.2) is 125 Å². The molecule has 117 heavy (non-hydrogen) atoms. The Morgan fingerprint density at radius 2 is 1.15 bits per heavy atom. The molecular weight excluding hydrogens is 1510 g/mol. The number of fused-ring (bicyclic) bond motifs is 4. The number of aliphatic imine (C=N–C) groups is 2. The van der Waals surface area contributed by atoms with Crippen LogP contribution >= 0.6 is 0 Å². The summed E-state index contributed by atoms with van der Waals surface area (Å²) in [6.07, 6.45) is 9.35. The van der Waals surface area contributed by atoms with Gasteiger partial charge in [-0.05, 0) is 116 Å². The van der Waals surface area contributed by atoms with Crippen LogP contribution < -0.4 is 50.4 Å². The number of anilines is 2. The van der Waals surface area contributed by atoms with Crippen molar-refractivity contribution in [1.82, 2.24) is 31.1 Å². The maximum atomic E-state index is 14.1. The molecule has 0 unspecified atom stereocenters. The van der Waals surface area contributed by atoms with Gasteiger partial charge in [-0.2, -0.15) is 0 Å². The molecule has 0 aromatic heterocycles. The number of imide groups is 1. The number of rotatable bonds is 47. The average molecular weight is 1620 g/mol. The standard InChI is InChI=1S/C85H108N10O22/c1-9-59-50-85(5)56-89-70-49-74(72(106-8)47-68(70)83(103)95(85)52-59)116-55-62-43-61(54-115-73-48-69-67(46-71(73)105-7)81(101)88-51-64-14-11-10-13-63(64)15-12-24-86-69)44-66(45-62)93(6)84(104)117-53-60-16-18-65(19-17-60)91-80(100)58(4)90-82(102)79(57(2)3)92-76(97)23-27-107-29-31-109-33-35-111-37-39-113-41-42-114-40-38-112-36-34-110-32-30-108-28-25-87-75(96)22-26-94-77(98)20-21-78(94)99/h9-11,13-14,16-21,24,43-49,56-58,79H,12,15,22-23,25-42,50-55H2,1-8H3,(H,87,96)(H,88,101)(H,90,102)(H,91,100)(H,92,97)/b59-9-,86-24-/t58-,79-,85-/m0/s1. The first-order valence-electron chi connectivity index (χ1n) is 39.2. The summed E-state index contributed by atoms with van der Waals surface area (Å²) >= 11 is 0. The Labute approximate surface area is 681 Å². The number of benzene rings is 5. The van der Waals surface area contributed by atoms with Crippen molar-refractivity contribution in [3.8, 4) is 23.0 Å². The minimum absolute atomic E-state index is 0.0112. The highest BCUT2D eigenvalue weighted by Crippen LogP contribution is 2.43. The van der Waals surface area contributed by atoms with Gasteiger partial charge in [0.05, 0.1) is 148 Å². The molecule has 32 heteroatoms. The molecule has 4 aliphatic rings. The third kappa shape index (κ3) is 27.9. The first kappa shape index (κ1) is 90.0. The summed E-state index contributed by atoms with van der Waals surface area (Å²) in [4.78, 5) is 131. The molecule has 1 fully saturated rings. The number of ether oxygens (including phenoxy) is 13. The lowest BCUT2D eigenvalue weighted by Gasteiger charge is -2.29. The summed E-state index contributed by atoms with van der Waals surface area (Å²) in [7, 11) is 4.55. The van der Waals surface area contributed by atoms with Crippen LogP contribution in [0.4, 0.5) is 27.5 Å². The van der Waals surface area contributed by atoms with E-state index < -0.39 is 53.3 Å². The van der Waals surface area contributed by atoms with Gasteiger partial charge >= 0.3 is 6.09 Å². The van der Waals surface area contributed by atoms with Crippen LogP contribution in [0, 0.1) is 5.92 Å². The monoisotopic (exact) mass is 1620 g/mol. The van der Waals surface area contributed by atoms with E-state index in [9.17, 15) is 43.2 Å². The van der Waals surface area contributed by atoms with E-state index in [1.165, 1.54) is 38.2 Å². The fourth-order valence-electron chi connectivity index (χ4n) is 12.7. The van der Waals surface area contributed by atoms with Crippen molar-refractivity contribution in [1.29, 1.82) is 0 Å².